The zero-order valence-corrected chi connectivity index (χ0v) is 10.1. The molecule has 0 N–H and O–H groups in total. The van der Waals surface area contributed by atoms with Crippen molar-refractivity contribution in [3.63, 3.8) is 0 Å². The fraction of sp³-hybridized carbons (Fsp3) is 0.133. The molecule has 0 saturated heterocycles. The molecule has 0 saturated carbocycles. The summed E-state index contributed by atoms with van der Waals surface area (Å²) in [7, 11) is 0. The topological polar surface area (TPSA) is 17.3 Å². The fourth-order valence-corrected chi connectivity index (χ4v) is 2.09. The summed E-state index contributed by atoms with van der Waals surface area (Å²) >= 11 is 0. The van der Waals surface area contributed by atoms with E-state index in [1.807, 2.05) is 48.0 Å². The average molecular weight is 240 g/mol. The van der Waals surface area contributed by atoms with Gasteiger partial charge in [-0.05, 0) is 30.2 Å². The maximum atomic E-state index is 14.0. The molecule has 0 aliphatic rings. The van der Waals surface area contributed by atoms with E-state index in [2.05, 4.69) is 4.98 Å². The predicted molar refractivity (Wildman–Crippen MR) is 70.0 cm³/mol. The summed E-state index contributed by atoms with van der Waals surface area (Å²) in [5, 5.41) is 0. The Kier molecular flexibility index (Phi) is 2.59. The third kappa shape index (κ3) is 1.78. The lowest BCUT2D eigenvalue weighted by atomic mass is 10.0. The highest BCUT2D eigenvalue weighted by Crippen LogP contribution is 2.24. The van der Waals surface area contributed by atoms with Gasteiger partial charge in [0, 0.05) is 29.7 Å². The Labute approximate surface area is 105 Å². The smallest absolute Gasteiger partial charge is 0.136 e. The number of aromatic nitrogens is 2. The molecule has 1 aromatic carbocycles. The Morgan fingerprint density at radius 1 is 1.22 bits per heavy atom. The molecule has 18 heavy (non-hydrogen) atoms. The number of fused-ring (bicyclic) bond motifs is 1. The molecule has 0 aliphatic heterocycles. The number of nitrogens with zero attached hydrogens (tertiary/aromatic N) is 2. The van der Waals surface area contributed by atoms with Gasteiger partial charge < -0.3 is 4.40 Å². The Balaban J connectivity index is 2.13. The van der Waals surface area contributed by atoms with Crippen LogP contribution in [-0.2, 0) is 6.42 Å². The van der Waals surface area contributed by atoms with E-state index in [9.17, 15) is 4.39 Å². The number of aryl methyl sites for hydroxylation is 1. The van der Waals surface area contributed by atoms with Gasteiger partial charge in [-0.1, -0.05) is 19.1 Å². The van der Waals surface area contributed by atoms with Crippen LogP contribution in [0.5, 0.6) is 0 Å². The molecule has 0 fully saturated rings. The van der Waals surface area contributed by atoms with Crippen molar-refractivity contribution in [2.24, 2.45) is 0 Å². The number of imidazole rings is 1. The van der Waals surface area contributed by atoms with Crippen molar-refractivity contribution in [2.75, 3.05) is 0 Å². The summed E-state index contributed by atoms with van der Waals surface area (Å²) in [5.41, 5.74) is 3.37. The molecule has 2 heterocycles. The SMILES string of the molecule is CCc1ccc(-c2ccc3nccn3c2)c(F)c1. The van der Waals surface area contributed by atoms with Gasteiger partial charge in [-0.2, -0.15) is 0 Å². The van der Waals surface area contributed by atoms with E-state index in [1.165, 1.54) is 0 Å². The summed E-state index contributed by atoms with van der Waals surface area (Å²) in [6.45, 7) is 2.02. The van der Waals surface area contributed by atoms with Gasteiger partial charge in [-0.3, -0.25) is 0 Å². The van der Waals surface area contributed by atoms with Crippen LogP contribution in [0.3, 0.4) is 0 Å². The minimum atomic E-state index is -0.172. The van der Waals surface area contributed by atoms with Crippen LogP contribution in [0.2, 0.25) is 0 Å². The highest BCUT2D eigenvalue weighted by atomic mass is 19.1. The van der Waals surface area contributed by atoms with E-state index in [0.717, 1.165) is 23.2 Å². The summed E-state index contributed by atoms with van der Waals surface area (Å²) in [6.07, 6.45) is 6.33. The number of hydrogen-bond acceptors (Lipinski definition) is 1. The minimum absolute atomic E-state index is 0.172. The lowest BCUT2D eigenvalue weighted by Crippen LogP contribution is -1.90. The number of benzene rings is 1. The van der Waals surface area contributed by atoms with Crippen LogP contribution in [-0.4, -0.2) is 9.38 Å². The Morgan fingerprint density at radius 2 is 2.11 bits per heavy atom. The molecule has 0 radical (unpaired) electrons. The number of rotatable bonds is 2. The number of hydrogen-bond donors (Lipinski definition) is 0. The number of halogens is 1. The second kappa shape index (κ2) is 4.26. The first-order chi connectivity index (χ1) is 8.78. The normalized spacial score (nSPS) is 11.0. The van der Waals surface area contributed by atoms with Crippen molar-refractivity contribution < 1.29 is 4.39 Å². The van der Waals surface area contributed by atoms with Gasteiger partial charge in [0.2, 0.25) is 0 Å². The van der Waals surface area contributed by atoms with E-state index in [0.29, 0.717) is 5.56 Å². The Bertz CT molecular complexity index is 701. The van der Waals surface area contributed by atoms with Gasteiger partial charge in [0.15, 0.2) is 0 Å². The van der Waals surface area contributed by atoms with E-state index < -0.39 is 0 Å². The molecule has 0 atom stereocenters. The maximum absolute atomic E-state index is 14.0. The lowest BCUT2D eigenvalue weighted by Gasteiger charge is -2.06. The van der Waals surface area contributed by atoms with Crippen molar-refractivity contribution in [3.8, 4) is 11.1 Å². The van der Waals surface area contributed by atoms with Crippen molar-refractivity contribution >= 4 is 5.65 Å². The third-order valence-corrected chi connectivity index (χ3v) is 3.14. The van der Waals surface area contributed by atoms with Crippen molar-refractivity contribution in [1.82, 2.24) is 9.38 Å². The minimum Gasteiger partial charge on any atom is -0.306 e. The first kappa shape index (κ1) is 11.0. The van der Waals surface area contributed by atoms with Crippen LogP contribution in [0.15, 0.2) is 48.9 Å². The zero-order chi connectivity index (χ0) is 12.5. The molecule has 3 aromatic rings. The molecule has 3 heteroatoms. The van der Waals surface area contributed by atoms with Gasteiger partial charge in [0.05, 0.1) is 0 Å². The van der Waals surface area contributed by atoms with E-state index in [-0.39, 0.29) is 5.82 Å². The quantitative estimate of drug-likeness (QED) is 0.667. The van der Waals surface area contributed by atoms with Crippen LogP contribution in [0, 0.1) is 5.82 Å². The van der Waals surface area contributed by atoms with E-state index in [1.54, 1.807) is 12.3 Å². The van der Waals surface area contributed by atoms with Crippen LogP contribution < -0.4 is 0 Å². The molecule has 0 aliphatic carbocycles. The summed E-state index contributed by atoms with van der Waals surface area (Å²) in [4.78, 5) is 4.17. The Morgan fingerprint density at radius 3 is 2.89 bits per heavy atom. The first-order valence-electron chi connectivity index (χ1n) is 5.99. The van der Waals surface area contributed by atoms with Gasteiger partial charge in [0.25, 0.3) is 0 Å². The van der Waals surface area contributed by atoms with Gasteiger partial charge in [-0.15, -0.1) is 0 Å². The highest BCUT2D eigenvalue weighted by Gasteiger charge is 2.06. The van der Waals surface area contributed by atoms with Crippen molar-refractivity contribution in [2.45, 2.75) is 13.3 Å². The van der Waals surface area contributed by atoms with Crippen LogP contribution >= 0.6 is 0 Å². The molecule has 2 aromatic heterocycles. The predicted octanol–water partition coefficient (Wildman–Crippen LogP) is 3.70. The molecule has 90 valence electrons. The number of pyridine rings is 1. The average Bonchev–Trinajstić information content (AvgIpc) is 2.85. The molecule has 0 spiro atoms. The fourth-order valence-electron chi connectivity index (χ4n) is 2.09. The standard InChI is InChI=1S/C15H13FN2/c1-2-11-3-5-13(14(16)9-11)12-4-6-15-17-7-8-18(15)10-12/h3-10H,2H2,1H3. The lowest BCUT2D eigenvalue weighted by molar-refractivity contribution is 0.629. The first-order valence-corrected chi connectivity index (χ1v) is 5.99. The monoisotopic (exact) mass is 240 g/mol. The van der Waals surface area contributed by atoms with Crippen LogP contribution in [0.25, 0.3) is 16.8 Å². The summed E-state index contributed by atoms with van der Waals surface area (Å²) < 4.78 is 15.9. The molecular weight excluding hydrogens is 227 g/mol. The Hall–Kier alpha value is -2.16. The molecule has 0 unspecified atom stereocenters. The van der Waals surface area contributed by atoms with Gasteiger partial charge >= 0.3 is 0 Å². The van der Waals surface area contributed by atoms with Gasteiger partial charge in [0.1, 0.15) is 11.5 Å². The summed E-state index contributed by atoms with van der Waals surface area (Å²) in [5.74, 6) is -0.172. The summed E-state index contributed by atoms with van der Waals surface area (Å²) in [6, 6.07) is 9.20. The van der Waals surface area contributed by atoms with Crippen LogP contribution in [0.4, 0.5) is 4.39 Å². The molecular formula is C15H13FN2. The van der Waals surface area contributed by atoms with Crippen LogP contribution in [0.1, 0.15) is 12.5 Å². The van der Waals surface area contributed by atoms with Crippen molar-refractivity contribution in [3.05, 3.63) is 60.3 Å². The van der Waals surface area contributed by atoms with Gasteiger partial charge in [-0.25, -0.2) is 9.37 Å². The maximum Gasteiger partial charge on any atom is 0.136 e. The second-order valence-electron chi connectivity index (χ2n) is 4.28. The highest BCUT2D eigenvalue weighted by molar-refractivity contribution is 5.65. The molecule has 0 amide bonds. The second-order valence-corrected chi connectivity index (χ2v) is 4.28. The molecule has 0 bridgehead atoms. The van der Waals surface area contributed by atoms with Crippen molar-refractivity contribution in [1.29, 1.82) is 0 Å². The largest absolute Gasteiger partial charge is 0.306 e. The third-order valence-electron chi connectivity index (χ3n) is 3.14. The molecule has 2 nitrogen and oxygen atoms in total. The van der Waals surface area contributed by atoms with E-state index >= 15 is 0 Å². The van der Waals surface area contributed by atoms with E-state index in [4.69, 9.17) is 0 Å². The molecule has 3 rings (SSSR count). The zero-order valence-electron chi connectivity index (χ0n) is 10.1.